The molecule has 35 heavy (non-hydrogen) atoms. The van der Waals surface area contributed by atoms with Gasteiger partial charge in [0.1, 0.15) is 17.7 Å². The number of carbonyl (C=O) groups excluding carboxylic acids is 1. The van der Waals surface area contributed by atoms with Crippen LogP contribution in [-0.2, 0) is 20.4 Å². The van der Waals surface area contributed by atoms with Crippen molar-refractivity contribution < 1.29 is 28.2 Å². The fourth-order valence-electron chi connectivity index (χ4n) is 4.34. The van der Waals surface area contributed by atoms with E-state index < -0.39 is 20.4 Å². The summed E-state index contributed by atoms with van der Waals surface area (Å²) in [6, 6.07) is 13.9. The second-order valence-electron chi connectivity index (χ2n) is 11.1. The predicted molar refractivity (Wildman–Crippen MR) is 138 cm³/mol. The van der Waals surface area contributed by atoms with Crippen LogP contribution in [0.25, 0.3) is 0 Å². The lowest BCUT2D eigenvalue weighted by atomic mass is 9.89. The molecule has 1 aliphatic rings. The lowest BCUT2D eigenvalue weighted by Crippen LogP contribution is -2.42. The van der Waals surface area contributed by atoms with Crippen LogP contribution in [0.3, 0.4) is 0 Å². The molecular weight excluding hydrogens is 463 g/mol. The van der Waals surface area contributed by atoms with Crippen LogP contribution in [-0.4, -0.2) is 45.3 Å². The normalized spacial score (nSPS) is 21.5. The highest BCUT2D eigenvalue weighted by atomic mass is 28.4. The Balaban J connectivity index is 1.67. The van der Waals surface area contributed by atoms with Crippen molar-refractivity contribution in [2.24, 2.45) is 5.92 Å². The van der Waals surface area contributed by atoms with E-state index in [-0.39, 0.29) is 35.2 Å². The van der Waals surface area contributed by atoms with Crippen LogP contribution in [0.5, 0.6) is 5.75 Å². The molecule has 0 heterocycles. The molecule has 1 fully saturated rings. The third-order valence-electron chi connectivity index (χ3n) is 7.54. The average Bonchev–Trinajstić information content (AvgIpc) is 3.20. The number of aliphatic hydroxyl groups is 1. The molecule has 0 spiro atoms. The zero-order valence-electron chi connectivity index (χ0n) is 21.7. The lowest BCUT2D eigenvalue weighted by molar-refractivity contribution is -0.158. The van der Waals surface area contributed by atoms with Crippen molar-refractivity contribution in [3.8, 4) is 5.75 Å². The number of benzene rings is 2. The summed E-state index contributed by atoms with van der Waals surface area (Å²) in [5, 5.41) is 10.5. The SMILES string of the molecule is COc1ccc(C[C@@H](O)C(=O)O[C@H]2C[C@H](CO[Si](C)(C)C(C)(C)C)[C@@H](c3cccc(F)c3)C2)cc1. The molecule has 7 heteroatoms. The number of hydrogen-bond donors (Lipinski definition) is 1. The first kappa shape index (κ1) is 27.4. The molecule has 1 N–H and O–H groups in total. The average molecular weight is 503 g/mol. The van der Waals surface area contributed by atoms with Gasteiger partial charge in [0.15, 0.2) is 14.4 Å². The number of halogens is 1. The Kier molecular flexibility index (Phi) is 8.78. The van der Waals surface area contributed by atoms with Gasteiger partial charge in [-0.3, -0.25) is 0 Å². The molecule has 192 valence electrons. The molecule has 0 unspecified atom stereocenters. The quantitative estimate of drug-likeness (QED) is 0.343. The Labute approximate surface area is 209 Å². The van der Waals surface area contributed by atoms with E-state index in [0.29, 0.717) is 25.2 Å². The number of rotatable bonds is 9. The summed E-state index contributed by atoms with van der Waals surface area (Å²) >= 11 is 0. The first-order valence-electron chi connectivity index (χ1n) is 12.3. The van der Waals surface area contributed by atoms with Gasteiger partial charge in [-0.1, -0.05) is 45.0 Å². The standard InChI is InChI=1S/C28H39FO5Si/c1-28(2,3)35(5,6)33-18-21-16-24(17-25(21)20-8-7-9-22(29)15-20)34-27(31)26(30)14-19-10-12-23(32-4)13-11-19/h7-13,15,21,24-26,30H,14,16-18H2,1-6H3/t21-,24+,25-,26-/m1/s1. The fourth-order valence-corrected chi connectivity index (χ4v) is 5.41. The van der Waals surface area contributed by atoms with E-state index >= 15 is 0 Å². The first-order valence-corrected chi connectivity index (χ1v) is 15.2. The topological polar surface area (TPSA) is 65.0 Å². The maximum absolute atomic E-state index is 14.0. The van der Waals surface area contributed by atoms with Gasteiger partial charge in [0.05, 0.1) is 7.11 Å². The van der Waals surface area contributed by atoms with Crippen molar-refractivity contribution in [2.75, 3.05) is 13.7 Å². The van der Waals surface area contributed by atoms with Crippen molar-refractivity contribution >= 4 is 14.3 Å². The van der Waals surface area contributed by atoms with E-state index in [1.165, 1.54) is 6.07 Å². The van der Waals surface area contributed by atoms with Crippen LogP contribution < -0.4 is 4.74 Å². The number of carbonyl (C=O) groups is 1. The third kappa shape index (κ3) is 7.15. The molecule has 1 saturated carbocycles. The third-order valence-corrected chi connectivity index (χ3v) is 12.0. The minimum absolute atomic E-state index is 0.0204. The van der Waals surface area contributed by atoms with Crippen molar-refractivity contribution in [3.05, 3.63) is 65.5 Å². The van der Waals surface area contributed by atoms with E-state index in [0.717, 1.165) is 11.1 Å². The summed E-state index contributed by atoms with van der Waals surface area (Å²) < 4.78 is 31.4. The molecule has 1 aliphatic carbocycles. The van der Waals surface area contributed by atoms with Gasteiger partial charge in [0.2, 0.25) is 0 Å². The van der Waals surface area contributed by atoms with Gasteiger partial charge in [-0.25, -0.2) is 9.18 Å². The van der Waals surface area contributed by atoms with Gasteiger partial charge in [-0.05, 0) is 78.2 Å². The summed E-state index contributed by atoms with van der Waals surface area (Å²) in [6.45, 7) is 11.6. The Morgan fingerprint density at radius 3 is 2.43 bits per heavy atom. The van der Waals surface area contributed by atoms with Crippen LogP contribution >= 0.6 is 0 Å². The van der Waals surface area contributed by atoms with Gasteiger partial charge < -0.3 is 19.0 Å². The summed E-state index contributed by atoms with van der Waals surface area (Å²) in [5.41, 5.74) is 1.71. The van der Waals surface area contributed by atoms with E-state index in [4.69, 9.17) is 13.9 Å². The minimum Gasteiger partial charge on any atom is -0.497 e. The van der Waals surface area contributed by atoms with Crippen LogP contribution in [0.15, 0.2) is 48.5 Å². The Hall–Kier alpha value is -2.22. The lowest BCUT2D eigenvalue weighted by Gasteiger charge is -2.37. The van der Waals surface area contributed by atoms with Crippen molar-refractivity contribution in [2.45, 2.75) is 76.3 Å². The first-order chi connectivity index (χ1) is 16.4. The zero-order chi connectivity index (χ0) is 25.8. The highest BCUT2D eigenvalue weighted by molar-refractivity contribution is 6.74. The largest absolute Gasteiger partial charge is 0.497 e. The monoisotopic (exact) mass is 502 g/mol. The molecule has 0 radical (unpaired) electrons. The predicted octanol–water partition coefficient (Wildman–Crippen LogP) is 5.87. The Morgan fingerprint density at radius 2 is 1.83 bits per heavy atom. The van der Waals surface area contributed by atoms with Crippen molar-refractivity contribution in [1.82, 2.24) is 0 Å². The molecule has 0 aliphatic heterocycles. The van der Waals surface area contributed by atoms with E-state index in [1.54, 1.807) is 31.4 Å². The highest BCUT2D eigenvalue weighted by Crippen LogP contribution is 2.44. The summed E-state index contributed by atoms with van der Waals surface area (Å²) in [7, 11) is -0.379. The Morgan fingerprint density at radius 1 is 1.14 bits per heavy atom. The smallest absolute Gasteiger partial charge is 0.335 e. The van der Waals surface area contributed by atoms with Crippen molar-refractivity contribution in [3.63, 3.8) is 0 Å². The van der Waals surface area contributed by atoms with Gasteiger partial charge >= 0.3 is 5.97 Å². The summed E-state index contributed by atoms with van der Waals surface area (Å²) in [6.07, 6.45) is -0.235. The van der Waals surface area contributed by atoms with Crippen LogP contribution in [0, 0.1) is 11.7 Å². The second kappa shape index (κ2) is 11.2. The van der Waals surface area contributed by atoms with E-state index in [9.17, 15) is 14.3 Å². The number of methoxy groups -OCH3 is 1. The van der Waals surface area contributed by atoms with Gasteiger partial charge in [-0.2, -0.15) is 0 Å². The molecule has 2 aromatic carbocycles. The zero-order valence-corrected chi connectivity index (χ0v) is 22.7. The Bertz CT molecular complexity index is 986. The minimum atomic E-state index is -1.97. The molecule has 0 aromatic heterocycles. The van der Waals surface area contributed by atoms with Gasteiger partial charge in [0, 0.05) is 13.0 Å². The summed E-state index contributed by atoms with van der Waals surface area (Å²) in [5.74, 6) is -0.0720. The molecule has 0 amide bonds. The number of ether oxygens (including phenoxy) is 2. The summed E-state index contributed by atoms with van der Waals surface area (Å²) in [4.78, 5) is 12.7. The molecule has 5 nitrogen and oxygen atoms in total. The molecule has 2 aromatic rings. The maximum Gasteiger partial charge on any atom is 0.335 e. The van der Waals surface area contributed by atoms with Crippen molar-refractivity contribution in [1.29, 1.82) is 0 Å². The number of esters is 1. The van der Waals surface area contributed by atoms with Gasteiger partial charge in [-0.15, -0.1) is 0 Å². The fraction of sp³-hybridized carbons (Fsp3) is 0.536. The molecule has 3 rings (SSSR count). The molecule has 4 atom stereocenters. The molecule has 0 bridgehead atoms. The van der Waals surface area contributed by atoms with Gasteiger partial charge in [0.25, 0.3) is 0 Å². The van der Waals surface area contributed by atoms with Crippen LogP contribution in [0.4, 0.5) is 4.39 Å². The van der Waals surface area contributed by atoms with Crippen LogP contribution in [0.2, 0.25) is 18.1 Å². The highest BCUT2D eigenvalue weighted by Gasteiger charge is 2.42. The van der Waals surface area contributed by atoms with E-state index in [2.05, 4.69) is 33.9 Å². The number of aliphatic hydroxyl groups excluding tert-OH is 1. The maximum atomic E-state index is 14.0. The number of hydrogen-bond acceptors (Lipinski definition) is 5. The van der Waals surface area contributed by atoms with Crippen LogP contribution in [0.1, 0.15) is 50.7 Å². The second-order valence-corrected chi connectivity index (χ2v) is 15.9. The molecular formula is C28H39FO5Si. The molecule has 0 saturated heterocycles. The van der Waals surface area contributed by atoms with E-state index in [1.807, 2.05) is 18.2 Å².